The molecule has 0 aromatic carbocycles. The Hall–Kier alpha value is -2.35. The van der Waals surface area contributed by atoms with E-state index >= 15 is 0 Å². The SMILES string of the molecule is Cc1cc(C)n(C[C@H](C)NC(=O)N2CCN(Cc3ccon3)CC2)n1. The van der Waals surface area contributed by atoms with Gasteiger partial charge < -0.3 is 14.7 Å². The molecule has 0 saturated carbocycles. The van der Waals surface area contributed by atoms with Crippen LogP contribution in [0.3, 0.4) is 0 Å². The lowest BCUT2D eigenvalue weighted by molar-refractivity contribution is 0.131. The van der Waals surface area contributed by atoms with E-state index in [-0.39, 0.29) is 12.1 Å². The van der Waals surface area contributed by atoms with Gasteiger partial charge in [0.25, 0.3) is 0 Å². The average Bonchev–Trinajstić information content (AvgIpc) is 3.18. The number of urea groups is 1. The summed E-state index contributed by atoms with van der Waals surface area (Å²) in [5, 5.41) is 11.5. The number of amides is 2. The number of piperazine rings is 1. The Labute approximate surface area is 147 Å². The fraction of sp³-hybridized carbons (Fsp3) is 0.588. The molecular weight excluding hydrogens is 320 g/mol. The molecule has 3 heterocycles. The minimum absolute atomic E-state index is 0.00452. The van der Waals surface area contributed by atoms with Crippen molar-refractivity contribution in [3.63, 3.8) is 0 Å². The summed E-state index contributed by atoms with van der Waals surface area (Å²) < 4.78 is 6.80. The highest BCUT2D eigenvalue weighted by Gasteiger charge is 2.22. The van der Waals surface area contributed by atoms with Crippen molar-refractivity contribution in [2.75, 3.05) is 26.2 Å². The van der Waals surface area contributed by atoms with Crippen molar-refractivity contribution in [3.8, 4) is 0 Å². The standard InChI is InChI=1S/C17H26N6O2/c1-13-10-15(3)23(19-13)11-14(2)18-17(24)22-7-5-21(6-8-22)12-16-4-9-25-20-16/h4,9-10,14H,5-8,11-12H2,1-3H3,(H,18,24)/t14-/m0/s1. The molecule has 136 valence electrons. The predicted molar refractivity (Wildman–Crippen MR) is 93.0 cm³/mol. The normalized spacial score (nSPS) is 16.8. The molecule has 1 saturated heterocycles. The first-order chi connectivity index (χ1) is 12.0. The second-order valence-electron chi connectivity index (χ2n) is 6.71. The summed E-state index contributed by atoms with van der Waals surface area (Å²) in [5.74, 6) is 0. The molecule has 25 heavy (non-hydrogen) atoms. The second kappa shape index (κ2) is 7.69. The maximum atomic E-state index is 12.5. The average molecular weight is 346 g/mol. The molecule has 8 heteroatoms. The number of rotatable bonds is 5. The zero-order valence-electron chi connectivity index (χ0n) is 15.1. The molecule has 0 bridgehead atoms. The van der Waals surface area contributed by atoms with Gasteiger partial charge >= 0.3 is 6.03 Å². The molecule has 0 unspecified atom stereocenters. The van der Waals surface area contributed by atoms with Gasteiger partial charge in [0, 0.05) is 50.5 Å². The monoisotopic (exact) mass is 346 g/mol. The van der Waals surface area contributed by atoms with Gasteiger partial charge in [0.1, 0.15) is 6.26 Å². The topological polar surface area (TPSA) is 79.4 Å². The van der Waals surface area contributed by atoms with Crippen molar-refractivity contribution in [2.24, 2.45) is 0 Å². The molecule has 1 atom stereocenters. The minimum Gasteiger partial charge on any atom is -0.364 e. The molecule has 0 spiro atoms. The van der Waals surface area contributed by atoms with Gasteiger partial charge in [-0.15, -0.1) is 0 Å². The molecule has 1 fully saturated rings. The third kappa shape index (κ3) is 4.60. The number of carbonyl (C=O) groups excluding carboxylic acids is 1. The van der Waals surface area contributed by atoms with Crippen LogP contribution in [0.4, 0.5) is 4.79 Å². The third-order valence-corrected chi connectivity index (χ3v) is 4.46. The molecule has 2 aromatic heterocycles. The number of aryl methyl sites for hydroxylation is 2. The maximum Gasteiger partial charge on any atom is 0.317 e. The summed E-state index contributed by atoms with van der Waals surface area (Å²) in [7, 11) is 0. The fourth-order valence-electron chi connectivity index (χ4n) is 3.12. The molecule has 0 radical (unpaired) electrons. The number of carbonyl (C=O) groups is 1. The smallest absolute Gasteiger partial charge is 0.317 e. The van der Waals surface area contributed by atoms with Crippen LogP contribution in [-0.4, -0.2) is 63.0 Å². The summed E-state index contributed by atoms with van der Waals surface area (Å²) >= 11 is 0. The Morgan fingerprint density at radius 1 is 1.32 bits per heavy atom. The van der Waals surface area contributed by atoms with E-state index in [2.05, 4.69) is 20.5 Å². The van der Waals surface area contributed by atoms with Crippen LogP contribution in [-0.2, 0) is 13.1 Å². The van der Waals surface area contributed by atoms with E-state index in [4.69, 9.17) is 4.52 Å². The second-order valence-corrected chi connectivity index (χ2v) is 6.71. The van der Waals surface area contributed by atoms with Crippen molar-refractivity contribution >= 4 is 6.03 Å². The van der Waals surface area contributed by atoms with E-state index in [9.17, 15) is 4.79 Å². The van der Waals surface area contributed by atoms with Crippen LogP contribution in [0.15, 0.2) is 22.9 Å². The van der Waals surface area contributed by atoms with Gasteiger partial charge in [-0.1, -0.05) is 5.16 Å². The van der Waals surface area contributed by atoms with E-state index in [1.807, 2.05) is 42.5 Å². The lowest BCUT2D eigenvalue weighted by Crippen LogP contribution is -2.53. The Morgan fingerprint density at radius 3 is 2.68 bits per heavy atom. The van der Waals surface area contributed by atoms with Gasteiger partial charge in [-0.25, -0.2) is 4.79 Å². The van der Waals surface area contributed by atoms with Crippen molar-refractivity contribution < 1.29 is 9.32 Å². The van der Waals surface area contributed by atoms with Gasteiger partial charge in [-0.3, -0.25) is 9.58 Å². The number of aromatic nitrogens is 3. The summed E-state index contributed by atoms with van der Waals surface area (Å²) in [6, 6.07) is 3.94. The summed E-state index contributed by atoms with van der Waals surface area (Å²) in [6.07, 6.45) is 1.59. The summed E-state index contributed by atoms with van der Waals surface area (Å²) in [4.78, 5) is 16.6. The number of hydrogen-bond donors (Lipinski definition) is 1. The Bertz CT molecular complexity index is 688. The highest BCUT2D eigenvalue weighted by molar-refractivity contribution is 5.74. The molecule has 0 aliphatic carbocycles. The van der Waals surface area contributed by atoms with Crippen LogP contribution in [0.1, 0.15) is 24.0 Å². The van der Waals surface area contributed by atoms with Crippen molar-refractivity contribution in [1.82, 2.24) is 30.1 Å². The first-order valence-corrected chi connectivity index (χ1v) is 8.69. The van der Waals surface area contributed by atoms with Crippen LogP contribution in [0, 0.1) is 13.8 Å². The van der Waals surface area contributed by atoms with E-state index in [0.717, 1.165) is 49.8 Å². The number of nitrogens with one attached hydrogen (secondary N) is 1. The molecule has 8 nitrogen and oxygen atoms in total. The quantitative estimate of drug-likeness (QED) is 0.885. The molecule has 1 N–H and O–H groups in total. The first-order valence-electron chi connectivity index (χ1n) is 8.69. The van der Waals surface area contributed by atoms with Crippen LogP contribution in [0.5, 0.6) is 0 Å². The lowest BCUT2D eigenvalue weighted by Gasteiger charge is -2.34. The maximum absolute atomic E-state index is 12.5. The van der Waals surface area contributed by atoms with Crippen molar-refractivity contribution in [2.45, 2.75) is 39.9 Å². The molecule has 1 aliphatic heterocycles. The molecule has 2 aromatic rings. The summed E-state index contributed by atoms with van der Waals surface area (Å²) in [5.41, 5.74) is 3.04. The Kier molecular flexibility index (Phi) is 5.37. The zero-order valence-corrected chi connectivity index (χ0v) is 15.1. The van der Waals surface area contributed by atoms with Gasteiger partial charge in [-0.05, 0) is 26.8 Å². The van der Waals surface area contributed by atoms with Crippen molar-refractivity contribution in [3.05, 3.63) is 35.5 Å². The molecular formula is C17H26N6O2. The van der Waals surface area contributed by atoms with E-state index in [1.54, 1.807) is 6.26 Å². The first kappa shape index (κ1) is 17.5. The lowest BCUT2D eigenvalue weighted by atomic mass is 10.3. The number of hydrogen-bond acceptors (Lipinski definition) is 5. The van der Waals surface area contributed by atoms with Crippen LogP contribution >= 0.6 is 0 Å². The summed E-state index contributed by atoms with van der Waals surface area (Å²) in [6.45, 7) is 10.6. The highest BCUT2D eigenvalue weighted by atomic mass is 16.5. The van der Waals surface area contributed by atoms with Crippen molar-refractivity contribution in [1.29, 1.82) is 0 Å². The Balaban J connectivity index is 1.43. The molecule has 3 rings (SSSR count). The molecule has 2 amide bonds. The van der Waals surface area contributed by atoms with E-state index < -0.39 is 0 Å². The highest BCUT2D eigenvalue weighted by Crippen LogP contribution is 2.08. The van der Waals surface area contributed by atoms with Crippen LogP contribution in [0.2, 0.25) is 0 Å². The van der Waals surface area contributed by atoms with E-state index in [0.29, 0.717) is 6.54 Å². The van der Waals surface area contributed by atoms with Gasteiger partial charge in [0.15, 0.2) is 0 Å². The fourth-order valence-corrected chi connectivity index (χ4v) is 3.12. The molecule has 1 aliphatic rings. The minimum atomic E-state index is -0.00452. The van der Waals surface area contributed by atoms with Gasteiger partial charge in [0.2, 0.25) is 0 Å². The third-order valence-electron chi connectivity index (χ3n) is 4.46. The number of nitrogens with zero attached hydrogens (tertiary/aromatic N) is 5. The largest absolute Gasteiger partial charge is 0.364 e. The zero-order chi connectivity index (χ0) is 17.8. The predicted octanol–water partition coefficient (Wildman–Crippen LogP) is 1.40. The van der Waals surface area contributed by atoms with E-state index in [1.165, 1.54) is 0 Å². The van der Waals surface area contributed by atoms with Gasteiger partial charge in [0.05, 0.1) is 17.9 Å². The van der Waals surface area contributed by atoms with Crippen LogP contribution < -0.4 is 5.32 Å². The van der Waals surface area contributed by atoms with Gasteiger partial charge in [-0.2, -0.15) is 5.10 Å². The van der Waals surface area contributed by atoms with Crippen LogP contribution in [0.25, 0.3) is 0 Å². The Morgan fingerprint density at radius 2 is 2.08 bits per heavy atom.